The molecular formula is C28H37IN2O. The van der Waals surface area contributed by atoms with Gasteiger partial charge in [-0.2, -0.15) is 0 Å². The van der Waals surface area contributed by atoms with Crippen molar-refractivity contribution in [2.24, 2.45) is 5.92 Å². The summed E-state index contributed by atoms with van der Waals surface area (Å²) in [5.41, 5.74) is 3.59. The van der Waals surface area contributed by atoms with Crippen molar-refractivity contribution >= 4 is 34.2 Å². The van der Waals surface area contributed by atoms with Gasteiger partial charge in [0.25, 0.3) is 0 Å². The second kappa shape index (κ2) is 13.0. The zero-order valence-corrected chi connectivity index (χ0v) is 21.7. The Labute approximate surface area is 207 Å². The van der Waals surface area contributed by atoms with Crippen molar-refractivity contribution in [3.63, 3.8) is 0 Å². The SMILES string of the molecule is CC=C(c1ccccc1I)N(Cc1ccccc1)C(C(=O)NCCCC)C1CCCCC1. The van der Waals surface area contributed by atoms with Gasteiger partial charge in [0.15, 0.2) is 0 Å². The smallest absolute Gasteiger partial charge is 0.243 e. The maximum Gasteiger partial charge on any atom is 0.243 e. The number of allylic oxidation sites excluding steroid dienone is 1. The zero-order valence-electron chi connectivity index (χ0n) is 19.5. The van der Waals surface area contributed by atoms with Crippen molar-refractivity contribution < 1.29 is 4.79 Å². The molecule has 1 amide bonds. The molecule has 1 aliphatic carbocycles. The minimum atomic E-state index is -0.158. The molecule has 0 bridgehead atoms. The minimum absolute atomic E-state index is 0.158. The van der Waals surface area contributed by atoms with Crippen LogP contribution in [0.15, 0.2) is 60.7 Å². The quantitative estimate of drug-likeness (QED) is 0.258. The summed E-state index contributed by atoms with van der Waals surface area (Å²) in [6.45, 7) is 5.75. The molecule has 1 aliphatic rings. The first kappa shape index (κ1) is 24.8. The Morgan fingerprint density at radius 3 is 2.44 bits per heavy atom. The van der Waals surface area contributed by atoms with Crippen LogP contribution in [0.1, 0.15) is 69.9 Å². The number of carbonyl (C=O) groups excluding carboxylic acids is 1. The lowest BCUT2D eigenvalue weighted by Gasteiger charge is -2.41. The van der Waals surface area contributed by atoms with E-state index < -0.39 is 0 Å². The van der Waals surface area contributed by atoms with Crippen molar-refractivity contribution in [2.75, 3.05) is 6.54 Å². The van der Waals surface area contributed by atoms with E-state index in [1.165, 1.54) is 34.0 Å². The highest BCUT2D eigenvalue weighted by atomic mass is 127. The van der Waals surface area contributed by atoms with Crippen LogP contribution in [0.5, 0.6) is 0 Å². The summed E-state index contributed by atoms with van der Waals surface area (Å²) in [7, 11) is 0. The van der Waals surface area contributed by atoms with E-state index in [1.54, 1.807) is 0 Å². The van der Waals surface area contributed by atoms with Gasteiger partial charge in [0.2, 0.25) is 5.91 Å². The van der Waals surface area contributed by atoms with E-state index >= 15 is 0 Å². The molecule has 0 aromatic heterocycles. The molecule has 0 radical (unpaired) electrons. The number of unbranched alkanes of at least 4 members (excludes halogenated alkanes) is 1. The van der Waals surface area contributed by atoms with Gasteiger partial charge in [-0.25, -0.2) is 0 Å². The average molecular weight is 545 g/mol. The van der Waals surface area contributed by atoms with Crippen LogP contribution < -0.4 is 5.32 Å². The molecule has 0 spiro atoms. The van der Waals surface area contributed by atoms with E-state index in [9.17, 15) is 4.79 Å². The number of hydrogen-bond donors (Lipinski definition) is 1. The summed E-state index contributed by atoms with van der Waals surface area (Å²) in [6.07, 6.45) is 10.3. The van der Waals surface area contributed by atoms with E-state index in [-0.39, 0.29) is 11.9 Å². The molecule has 3 nitrogen and oxygen atoms in total. The fraction of sp³-hybridized carbons (Fsp3) is 0.464. The molecule has 1 saturated carbocycles. The van der Waals surface area contributed by atoms with Gasteiger partial charge in [-0.1, -0.05) is 87.2 Å². The number of amides is 1. The number of nitrogens with zero attached hydrogens (tertiary/aromatic N) is 1. The highest BCUT2D eigenvalue weighted by molar-refractivity contribution is 14.1. The number of carbonyl (C=O) groups is 1. The predicted molar refractivity (Wildman–Crippen MR) is 143 cm³/mol. The Bertz CT molecular complexity index is 874. The van der Waals surface area contributed by atoms with Gasteiger partial charge in [-0.3, -0.25) is 4.79 Å². The van der Waals surface area contributed by atoms with Crippen molar-refractivity contribution in [1.82, 2.24) is 10.2 Å². The van der Waals surface area contributed by atoms with Crippen molar-refractivity contribution in [3.05, 3.63) is 75.4 Å². The third-order valence-corrected chi connectivity index (χ3v) is 7.40. The Hall–Kier alpha value is -1.82. The lowest BCUT2D eigenvalue weighted by atomic mass is 9.82. The third kappa shape index (κ3) is 6.60. The van der Waals surface area contributed by atoms with Gasteiger partial charge in [-0.05, 0) is 66.3 Å². The van der Waals surface area contributed by atoms with E-state index in [1.807, 2.05) is 0 Å². The van der Waals surface area contributed by atoms with E-state index in [4.69, 9.17) is 0 Å². The molecule has 0 saturated heterocycles. The van der Waals surface area contributed by atoms with Gasteiger partial charge in [0, 0.05) is 27.9 Å². The zero-order chi connectivity index (χ0) is 22.8. The highest BCUT2D eigenvalue weighted by Gasteiger charge is 2.36. The number of halogens is 1. The first-order valence-electron chi connectivity index (χ1n) is 12.1. The molecule has 172 valence electrons. The first-order valence-corrected chi connectivity index (χ1v) is 13.2. The molecule has 2 aromatic rings. The number of nitrogens with one attached hydrogen (secondary N) is 1. The summed E-state index contributed by atoms with van der Waals surface area (Å²) < 4.78 is 1.21. The molecule has 32 heavy (non-hydrogen) atoms. The summed E-state index contributed by atoms with van der Waals surface area (Å²) in [5, 5.41) is 3.28. The molecule has 2 aromatic carbocycles. The van der Waals surface area contributed by atoms with Crippen LogP contribution in [0.2, 0.25) is 0 Å². The molecule has 0 aliphatic heterocycles. The van der Waals surface area contributed by atoms with Crippen LogP contribution >= 0.6 is 22.6 Å². The normalized spacial score (nSPS) is 15.9. The Kier molecular flexibility index (Phi) is 10.1. The van der Waals surface area contributed by atoms with Gasteiger partial charge in [0.05, 0.1) is 0 Å². The van der Waals surface area contributed by atoms with Crippen molar-refractivity contribution in [2.45, 2.75) is 71.4 Å². The van der Waals surface area contributed by atoms with E-state index in [0.717, 1.165) is 44.5 Å². The van der Waals surface area contributed by atoms with Crippen LogP contribution in [0.25, 0.3) is 5.70 Å². The molecule has 4 heteroatoms. The second-order valence-corrected chi connectivity index (χ2v) is 9.92. The van der Waals surface area contributed by atoms with Crippen LogP contribution in [0, 0.1) is 9.49 Å². The summed E-state index contributed by atoms with van der Waals surface area (Å²) in [5.74, 6) is 0.567. The minimum Gasteiger partial charge on any atom is -0.355 e. The molecule has 0 heterocycles. The third-order valence-electron chi connectivity index (χ3n) is 6.46. The Morgan fingerprint density at radius 1 is 1.09 bits per heavy atom. The maximum atomic E-state index is 13.7. The maximum absolute atomic E-state index is 13.7. The second-order valence-electron chi connectivity index (χ2n) is 8.75. The van der Waals surface area contributed by atoms with Crippen LogP contribution in [0.4, 0.5) is 0 Å². The van der Waals surface area contributed by atoms with Gasteiger partial charge in [0.1, 0.15) is 6.04 Å². The topological polar surface area (TPSA) is 32.3 Å². The molecule has 1 fully saturated rings. The summed E-state index contributed by atoms with van der Waals surface area (Å²) >= 11 is 2.42. The molecular weight excluding hydrogens is 507 g/mol. The highest BCUT2D eigenvalue weighted by Crippen LogP contribution is 2.35. The van der Waals surface area contributed by atoms with Gasteiger partial charge < -0.3 is 10.2 Å². The number of benzene rings is 2. The van der Waals surface area contributed by atoms with Crippen LogP contribution in [0.3, 0.4) is 0 Å². The number of hydrogen-bond acceptors (Lipinski definition) is 2. The lowest BCUT2D eigenvalue weighted by molar-refractivity contribution is -0.127. The van der Waals surface area contributed by atoms with Crippen LogP contribution in [-0.2, 0) is 11.3 Å². The molecule has 1 unspecified atom stereocenters. The summed E-state index contributed by atoms with van der Waals surface area (Å²) in [6, 6.07) is 18.9. The molecule has 3 rings (SSSR count). The van der Waals surface area contributed by atoms with Crippen molar-refractivity contribution in [3.8, 4) is 0 Å². The van der Waals surface area contributed by atoms with Crippen LogP contribution in [-0.4, -0.2) is 23.4 Å². The summed E-state index contributed by atoms with van der Waals surface area (Å²) in [4.78, 5) is 16.1. The largest absolute Gasteiger partial charge is 0.355 e. The Morgan fingerprint density at radius 2 is 1.78 bits per heavy atom. The van der Waals surface area contributed by atoms with E-state index in [2.05, 4.69) is 107 Å². The standard InChI is InChI=1S/C28H37IN2O/c1-3-5-20-30-28(32)27(23-16-10-7-11-17-23)31(21-22-14-8-6-9-15-22)26(4-2)24-18-12-13-19-25(24)29/h4,6,8-9,12-15,18-19,23,27H,3,5,7,10-11,16-17,20-21H2,1-2H3,(H,30,32). The van der Waals surface area contributed by atoms with Crippen molar-refractivity contribution in [1.29, 1.82) is 0 Å². The van der Waals surface area contributed by atoms with Gasteiger partial charge >= 0.3 is 0 Å². The lowest BCUT2D eigenvalue weighted by Crippen LogP contribution is -2.50. The van der Waals surface area contributed by atoms with E-state index in [0.29, 0.717) is 5.92 Å². The molecule has 1 atom stereocenters. The monoisotopic (exact) mass is 544 g/mol. The fourth-order valence-corrected chi connectivity index (χ4v) is 5.48. The molecule has 1 N–H and O–H groups in total. The number of rotatable bonds is 10. The average Bonchev–Trinajstić information content (AvgIpc) is 2.82. The first-order chi connectivity index (χ1) is 15.7. The Balaban J connectivity index is 2.03. The van der Waals surface area contributed by atoms with Gasteiger partial charge in [-0.15, -0.1) is 0 Å². The fourth-order valence-electron chi connectivity index (χ4n) is 4.81. The predicted octanol–water partition coefficient (Wildman–Crippen LogP) is 7.02.